The second-order valence-electron chi connectivity index (χ2n) is 6.58. The van der Waals surface area contributed by atoms with Gasteiger partial charge in [-0.1, -0.05) is 6.42 Å². The van der Waals surface area contributed by atoms with E-state index in [2.05, 4.69) is 27.4 Å². The van der Waals surface area contributed by atoms with Gasteiger partial charge in [0, 0.05) is 38.3 Å². The number of rotatable bonds is 7. The second kappa shape index (κ2) is 12.2. The van der Waals surface area contributed by atoms with Gasteiger partial charge in [0.1, 0.15) is 11.5 Å². The fourth-order valence-electron chi connectivity index (χ4n) is 3.21. The molecule has 0 aliphatic carbocycles. The number of nitrogens with one attached hydrogen (secondary N) is 2. The summed E-state index contributed by atoms with van der Waals surface area (Å²) in [5.74, 6) is 1.73. The zero-order valence-electron chi connectivity index (χ0n) is 16.1. The molecule has 0 aromatic heterocycles. The molecule has 1 heterocycles. The van der Waals surface area contributed by atoms with Gasteiger partial charge in [-0.05, 0) is 50.9 Å². The van der Waals surface area contributed by atoms with Gasteiger partial charge in [-0.3, -0.25) is 4.99 Å². The first-order valence-electron chi connectivity index (χ1n) is 9.18. The van der Waals surface area contributed by atoms with Crippen LogP contribution in [0.15, 0.2) is 23.2 Å². The molecule has 7 heteroatoms. The molecule has 148 valence electrons. The Morgan fingerprint density at radius 1 is 1.35 bits per heavy atom. The Bertz CT molecular complexity index is 568. The van der Waals surface area contributed by atoms with E-state index < -0.39 is 0 Å². The maximum Gasteiger partial charge on any atom is 0.191 e. The van der Waals surface area contributed by atoms with Crippen molar-refractivity contribution >= 4 is 29.9 Å². The van der Waals surface area contributed by atoms with Gasteiger partial charge in [0.05, 0.1) is 7.11 Å². The van der Waals surface area contributed by atoms with Gasteiger partial charge in [0.25, 0.3) is 0 Å². The first kappa shape index (κ1) is 22.8. The molecular formula is C19H33IN4O2. The molecular weight excluding hydrogens is 443 g/mol. The van der Waals surface area contributed by atoms with Crippen molar-refractivity contribution in [1.29, 1.82) is 0 Å². The molecule has 1 fully saturated rings. The highest BCUT2D eigenvalue weighted by atomic mass is 127. The first-order valence-corrected chi connectivity index (χ1v) is 9.18. The van der Waals surface area contributed by atoms with Crippen LogP contribution in [0.5, 0.6) is 11.5 Å². The quantitative estimate of drug-likeness (QED) is 0.245. The minimum atomic E-state index is 0. The molecule has 1 aromatic rings. The number of methoxy groups -OCH3 is 1. The van der Waals surface area contributed by atoms with Crippen molar-refractivity contribution in [3.8, 4) is 11.5 Å². The number of aromatic hydroxyl groups is 1. The zero-order valence-corrected chi connectivity index (χ0v) is 18.5. The van der Waals surface area contributed by atoms with E-state index in [9.17, 15) is 5.11 Å². The molecule has 0 spiro atoms. The fourth-order valence-corrected chi connectivity index (χ4v) is 3.21. The lowest BCUT2D eigenvalue weighted by Gasteiger charge is -2.33. The third-order valence-corrected chi connectivity index (χ3v) is 4.81. The monoisotopic (exact) mass is 476 g/mol. The Kier molecular flexibility index (Phi) is 10.7. The van der Waals surface area contributed by atoms with Crippen molar-refractivity contribution in [1.82, 2.24) is 15.5 Å². The van der Waals surface area contributed by atoms with Crippen LogP contribution in [0.1, 0.15) is 38.2 Å². The van der Waals surface area contributed by atoms with Crippen LogP contribution in [0.25, 0.3) is 0 Å². The summed E-state index contributed by atoms with van der Waals surface area (Å²) in [4.78, 5) is 6.82. The van der Waals surface area contributed by atoms with E-state index in [1.807, 2.05) is 6.07 Å². The number of piperidine rings is 1. The molecule has 3 N–H and O–H groups in total. The van der Waals surface area contributed by atoms with Gasteiger partial charge in [-0.15, -0.1) is 24.0 Å². The summed E-state index contributed by atoms with van der Waals surface area (Å²) in [6, 6.07) is 5.93. The highest BCUT2D eigenvalue weighted by Gasteiger charge is 2.17. The molecule has 1 aromatic carbocycles. The Labute approximate surface area is 174 Å². The van der Waals surface area contributed by atoms with Crippen molar-refractivity contribution < 1.29 is 9.84 Å². The van der Waals surface area contributed by atoms with Crippen molar-refractivity contribution in [2.75, 3.05) is 33.8 Å². The molecule has 2 rings (SSSR count). The summed E-state index contributed by atoms with van der Waals surface area (Å²) in [7, 11) is 3.38. The molecule has 0 radical (unpaired) electrons. The molecule has 26 heavy (non-hydrogen) atoms. The van der Waals surface area contributed by atoms with Crippen LogP contribution in [0, 0.1) is 0 Å². The van der Waals surface area contributed by atoms with E-state index in [0.717, 1.165) is 36.8 Å². The fraction of sp³-hybridized carbons (Fsp3) is 0.632. The lowest BCUT2D eigenvalue weighted by atomic mass is 10.0. The van der Waals surface area contributed by atoms with Crippen LogP contribution in [0.2, 0.25) is 0 Å². The predicted molar refractivity (Wildman–Crippen MR) is 118 cm³/mol. The number of hydrogen-bond donors (Lipinski definition) is 3. The van der Waals surface area contributed by atoms with E-state index in [-0.39, 0.29) is 29.7 Å². The van der Waals surface area contributed by atoms with E-state index in [4.69, 9.17) is 4.74 Å². The van der Waals surface area contributed by atoms with Crippen LogP contribution in [0.3, 0.4) is 0 Å². The number of nitrogens with zero attached hydrogens (tertiary/aromatic N) is 2. The van der Waals surface area contributed by atoms with Crippen LogP contribution >= 0.6 is 24.0 Å². The first-order chi connectivity index (χ1) is 12.1. The van der Waals surface area contributed by atoms with E-state index in [1.165, 1.54) is 25.8 Å². The van der Waals surface area contributed by atoms with Gasteiger partial charge < -0.3 is 25.4 Å². The molecule has 0 bridgehead atoms. The van der Waals surface area contributed by atoms with Crippen molar-refractivity contribution in [2.45, 2.75) is 45.2 Å². The average Bonchev–Trinajstić information content (AvgIpc) is 2.63. The molecule has 0 saturated carbocycles. The normalized spacial score (nSPS) is 18.1. The molecule has 1 aliphatic rings. The smallest absolute Gasteiger partial charge is 0.191 e. The maximum atomic E-state index is 9.94. The highest BCUT2D eigenvalue weighted by Crippen LogP contribution is 2.22. The minimum absolute atomic E-state index is 0. The van der Waals surface area contributed by atoms with Crippen molar-refractivity contribution in [3.05, 3.63) is 23.8 Å². The van der Waals surface area contributed by atoms with Crippen LogP contribution in [0.4, 0.5) is 0 Å². The van der Waals surface area contributed by atoms with Gasteiger partial charge in [0.2, 0.25) is 0 Å². The predicted octanol–water partition coefficient (Wildman–Crippen LogP) is 2.95. The summed E-state index contributed by atoms with van der Waals surface area (Å²) < 4.78 is 5.20. The van der Waals surface area contributed by atoms with Crippen LogP contribution in [-0.4, -0.2) is 55.8 Å². The Balaban J connectivity index is 0.00000338. The van der Waals surface area contributed by atoms with Gasteiger partial charge in [0.15, 0.2) is 5.96 Å². The second-order valence-corrected chi connectivity index (χ2v) is 6.58. The number of phenolic OH excluding ortho intramolecular Hbond substituents is 1. The van der Waals surface area contributed by atoms with Crippen LogP contribution in [-0.2, 0) is 6.54 Å². The lowest BCUT2D eigenvalue weighted by molar-refractivity contribution is 0.159. The number of phenols is 1. The number of ether oxygens (including phenoxy) is 1. The standard InChI is InChI=1S/C19H32N4O2.HI/c1-15-7-4-5-11-23(15)12-6-10-21-19(20-2)22-14-16-13-17(25-3)8-9-18(16)24;/h8-9,13,15,24H,4-7,10-12,14H2,1-3H3,(H2,20,21,22);1H. The highest BCUT2D eigenvalue weighted by molar-refractivity contribution is 14.0. The Morgan fingerprint density at radius 2 is 2.15 bits per heavy atom. The number of benzene rings is 1. The molecule has 0 amide bonds. The summed E-state index contributed by atoms with van der Waals surface area (Å²) >= 11 is 0. The molecule has 1 aliphatic heterocycles. The summed E-state index contributed by atoms with van der Waals surface area (Å²) in [5, 5.41) is 16.5. The molecule has 1 saturated heterocycles. The maximum absolute atomic E-state index is 9.94. The topological polar surface area (TPSA) is 69.1 Å². The number of aliphatic imine (C=N–C) groups is 1. The van der Waals surface area contributed by atoms with Gasteiger partial charge in [-0.25, -0.2) is 0 Å². The van der Waals surface area contributed by atoms with Gasteiger partial charge >= 0.3 is 0 Å². The largest absolute Gasteiger partial charge is 0.508 e. The third-order valence-electron chi connectivity index (χ3n) is 4.81. The van der Waals surface area contributed by atoms with Crippen LogP contribution < -0.4 is 15.4 Å². The molecule has 6 nitrogen and oxygen atoms in total. The van der Waals surface area contributed by atoms with Gasteiger partial charge in [-0.2, -0.15) is 0 Å². The van der Waals surface area contributed by atoms with Crippen molar-refractivity contribution in [3.63, 3.8) is 0 Å². The van der Waals surface area contributed by atoms with E-state index in [1.54, 1.807) is 26.3 Å². The van der Waals surface area contributed by atoms with Crippen molar-refractivity contribution in [2.24, 2.45) is 4.99 Å². The molecule has 1 atom stereocenters. The average molecular weight is 476 g/mol. The van der Waals surface area contributed by atoms with E-state index >= 15 is 0 Å². The number of likely N-dealkylation sites (tertiary alicyclic amines) is 1. The third kappa shape index (κ3) is 7.19. The molecule has 1 unspecified atom stereocenters. The summed E-state index contributed by atoms with van der Waals surface area (Å²) in [6.07, 6.45) is 5.10. The number of guanidine groups is 1. The number of hydrogen-bond acceptors (Lipinski definition) is 4. The minimum Gasteiger partial charge on any atom is -0.508 e. The lowest BCUT2D eigenvalue weighted by Crippen LogP contribution is -2.41. The zero-order chi connectivity index (χ0) is 18.1. The SMILES string of the molecule is CN=C(NCCCN1CCCCC1C)NCc1cc(OC)ccc1O.I. The van der Waals surface area contributed by atoms with E-state index in [0.29, 0.717) is 12.6 Å². The summed E-state index contributed by atoms with van der Waals surface area (Å²) in [5.41, 5.74) is 0.782. The Morgan fingerprint density at radius 3 is 2.85 bits per heavy atom. The summed E-state index contributed by atoms with van der Waals surface area (Å²) in [6.45, 7) is 6.05. The number of halogens is 1. The Hall–Kier alpha value is -1.22.